The summed E-state index contributed by atoms with van der Waals surface area (Å²) in [6, 6.07) is 20.1. The number of hydrogen-bond acceptors (Lipinski definition) is 7. The lowest BCUT2D eigenvalue weighted by Gasteiger charge is -2.13. The second-order valence-electron chi connectivity index (χ2n) is 7.06. The summed E-state index contributed by atoms with van der Waals surface area (Å²) in [4.78, 5) is 18.5. The summed E-state index contributed by atoms with van der Waals surface area (Å²) in [5, 5.41) is 10.7. The molecule has 9 heteroatoms. The summed E-state index contributed by atoms with van der Waals surface area (Å²) < 4.78 is 12.3. The maximum absolute atomic E-state index is 13.7. The SMILES string of the molecule is COc1cc2nc(-c3ccccc3)n(-c3nnc(-c4ccc(Cl)cc4)s3)c(=O)c2cc1OC. The maximum atomic E-state index is 13.7. The van der Waals surface area contributed by atoms with E-state index >= 15 is 0 Å². The van der Waals surface area contributed by atoms with Crippen LogP contribution in [0.4, 0.5) is 0 Å². The van der Waals surface area contributed by atoms with E-state index in [1.54, 1.807) is 31.4 Å². The van der Waals surface area contributed by atoms with Gasteiger partial charge in [-0.2, -0.15) is 0 Å². The number of halogens is 1. The third kappa shape index (κ3) is 3.83. The summed E-state index contributed by atoms with van der Waals surface area (Å²) in [7, 11) is 3.07. The van der Waals surface area contributed by atoms with Gasteiger partial charge in [-0.3, -0.25) is 4.79 Å². The monoisotopic (exact) mass is 476 g/mol. The number of aromatic nitrogens is 4. The minimum absolute atomic E-state index is 0.279. The van der Waals surface area contributed by atoms with Gasteiger partial charge in [0.1, 0.15) is 10.8 Å². The first-order chi connectivity index (χ1) is 16.1. The van der Waals surface area contributed by atoms with Crippen molar-refractivity contribution < 1.29 is 9.47 Å². The molecule has 0 aliphatic carbocycles. The van der Waals surface area contributed by atoms with Crippen molar-refractivity contribution in [2.45, 2.75) is 0 Å². The Morgan fingerprint density at radius 1 is 0.879 bits per heavy atom. The van der Waals surface area contributed by atoms with Gasteiger partial charge in [-0.25, -0.2) is 9.55 Å². The Morgan fingerprint density at radius 2 is 1.58 bits per heavy atom. The van der Waals surface area contributed by atoms with Gasteiger partial charge in [0.25, 0.3) is 5.56 Å². The minimum atomic E-state index is -0.279. The van der Waals surface area contributed by atoms with Gasteiger partial charge in [-0.05, 0) is 18.2 Å². The molecule has 164 valence electrons. The maximum Gasteiger partial charge on any atom is 0.268 e. The fourth-order valence-corrected chi connectivity index (χ4v) is 4.46. The average Bonchev–Trinajstić information content (AvgIpc) is 3.33. The van der Waals surface area contributed by atoms with Gasteiger partial charge in [0.15, 0.2) is 11.5 Å². The summed E-state index contributed by atoms with van der Waals surface area (Å²) in [5.41, 5.74) is 1.85. The Morgan fingerprint density at radius 3 is 2.27 bits per heavy atom. The largest absolute Gasteiger partial charge is 0.493 e. The average molecular weight is 477 g/mol. The van der Waals surface area contributed by atoms with Crippen LogP contribution in [0.3, 0.4) is 0 Å². The standard InChI is InChI=1S/C24H17ClN4O3S/c1-31-19-12-17-18(13-20(19)32-2)26-21(14-6-4-3-5-7-14)29(23(17)30)24-28-27-22(33-24)15-8-10-16(25)11-9-15/h3-13H,1-2H3. The predicted molar refractivity (Wildman–Crippen MR) is 130 cm³/mol. The Hall–Kier alpha value is -3.75. The zero-order chi connectivity index (χ0) is 22.9. The Labute approximate surface area is 197 Å². The zero-order valence-electron chi connectivity index (χ0n) is 17.7. The molecule has 5 aromatic rings. The van der Waals surface area contributed by atoms with E-state index in [9.17, 15) is 4.79 Å². The topological polar surface area (TPSA) is 79.1 Å². The Kier molecular flexibility index (Phi) is 5.53. The van der Waals surface area contributed by atoms with E-state index in [4.69, 9.17) is 26.1 Å². The molecule has 0 saturated carbocycles. The lowest BCUT2D eigenvalue weighted by molar-refractivity contribution is 0.355. The quantitative estimate of drug-likeness (QED) is 0.345. The molecule has 0 bridgehead atoms. The lowest BCUT2D eigenvalue weighted by atomic mass is 10.1. The van der Waals surface area contributed by atoms with Crippen molar-refractivity contribution >= 4 is 33.8 Å². The van der Waals surface area contributed by atoms with E-state index in [0.29, 0.717) is 43.4 Å². The fraction of sp³-hybridized carbons (Fsp3) is 0.0833. The first-order valence-electron chi connectivity index (χ1n) is 9.93. The number of fused-ring (bicyclic) bond motifs is 1. The minimum Gasteiger partial charge on any atom is -0.493 e. The Bertz CT molecular complexity index is 1520. The van der Waals surface area contributed by atoms with E-state index in [2.05, 4.69) is 10.2 Å². The molecule has 3 aromatic carbocycles. The number of benzene rings is 3. The van der Waals surface area contributed by atoms with Crippen molar-refractivity contribution in [3.05, 3.63) is 82.1 Å². The fourth-order valence-electron chi connectivity index (χ4n) is 3.49. The molecule has 0 spiro atoms. The molecule has 0 aliphatic rings. The summed E-state index contributed by atoms with van der Waals surface area (Å²) in [5.74, 6) is 1.40. The molecule has 0 fully saturated rings. The van der Waals surface area contributed by atoms with Gasteiger partial charge in [0, 0.05) is 22.2 Å². The van der Waals surface area contributed by atoms with Crippen molar-refractivity contribution in [3.63, 3.8) is 0 Å². The zero-order valence-corrected chi connectivity index (χ0v) is 19.2. The number of ether oxygens (including phenoxy) is 2. The molecule has 0 atom stereocenters. The van der Waals surface area contributed by atoms with E-state index in [0.717, 1.165) is 11.1 Å². The van der Waals surface area contributed by atoms with Crippen LogP contribution in [0.5, 0.6) is 11.5 Å². The molecule has 0 radical (unpaired) electrons. The molecule has 0 unspecified atom stereocenters. The molecular weight excluding hydrogens is 460 g/mol. The van der Waals surface area contributed by atoms with Crippen LogP contribution in [-0.4, -0.2) is 34.0 Å². The number of methoxy groups -OCH3 is 2. The van der Waals surface area contributed by atoms with E-state index in [-0.39, 0.29) is 5.56 Å². The van der Waals surface area contributed by atoms with Gasteiger partial charge in [-0.1, -0.05) is 65.4 Å². The first-order valence-corrected chi connectivity index (χ1v) is 11.1. The van der Waals surface area contributed by atoms with Crippen LogP contribution in [0.2, 0.25) is 5.02 Å². The summed E-state index contributed by atoms with van der Waals surface area (Å²) >= 11 is 7.30. The van der Waals surface area contributed by atoms with Crippen LogP contribution in [0.25, 0.3) is 38.0 Å². The molecule has 0 aliphatic heterocycles. The molecular formula is C24H17ClN4O3S. The van der Waals surface area contributed by atoms with Crippen molar-refractivity contribution in [1.29, 1.82) is 0 Å². The number of nitrogens with zero attached hydrogens (tertiary/aromatic N) is 4. The summed E-state index contributed by atoms with van der Waals surface area (Å²) in [6.07, 6.45) is 0. The smallest absolute Gasteiger partial charge is 0.268 e. The molecule has 5 rings (SSSR count). The van der Waals surface area contributed by atoms with Crippen molar-refractivity contribution in [2.24, 2.45) is 0 Å². The lowest BCUT2D eigenvalue weighted by Crippen LogP contribution is -2.22. The first kappa shape index (κ1) is 21.1. The summed E-state index contributed by atoms with van der Waals surface area (Å²) in [6.45, 7) is 0. The third-order valence-corrected chi connectivity index (χ3v) is 6.31. The van der Waals surface area contributed by atoms with Crippen LogP contribution in [0, 0.1) is 0 Å². The molecule has 2 heterocycles. The van der Waals surface area contributed by atoms with E-state index in [1.165, 1.54) is 23.0 Å². The highest BCUT2D eigenvalue weighted by atomic mass is 35.5. The van der Waals surface area contributed by atoms with Gasteiger partial charge < -0.3 is 9.47 Å². The third-order valence-electron chi connectivity index (χ3n) is 5.10. The van der Waals surface area contributed by atoms with Crippen molar-refractivity contribution in [1.82, 2.24) is 19.7 Å². The van der Waals surface area contributed by atoms with Crippen LogP contribution in [-0.2, 0) is 0 Å². The van der Waals surface area contributed by atoms with Gasteiger partial charge in [0.05, 0.1) is 25.1 Å². The molecule has 0 saturated heterocycles. The van der Waals surface area contributed by atoms with Crippen LogP contribution >= 0.6 is 22.9 Å². The molecule has 33 heavy (non-hydrogen) atoms. The van der Waals surface area contributed by atoms with Gasteiger partial charge in [-0.15, -0.1) is 10.2 Å². The van der Waals surface area contributed by atoms with Gasteiger partial charge in [0.2, 0.25) is 5.13 Å². The molecule has 2 aromatic heterocycles. The van der Waals surface area contributed by atoms with Crippen LogP contribution in [0.15, 0.2) is 71.5 Å². The van der Waals surface area contributed by atoms with Crippen LogP contribution in [0.1, 0.15) is 0 Å². The van der Waals surface area contributed by atoms with Crippen molar-refractivity contribution in [2.75, 3.05) is 14.2 Å². The molecule has 0 N–H and O–H groups in total. The van der Waals surface area contributed by atoms with Crippen LogP contribution < -0.4 is 15.0 Å². The second-order valence-corrected chi connectivity index (χ2v) is 8.46. The molecule has 7 nitrogen and oxygen atoms in total. The predicted octanol–water partition coefficient (Wildman–Crippen LogP) is 5.24. The Balaban J connectivity index is 1.77. The van der Waals surface area contributed by atoms with E-state index in [1.807, 2.05) is 42.5 Å². The second kappa shape index (κ2) is 8.65. The highest BCUT2D eigenvalue weighted by Crippen LogP contribution is 2.33. The van der Waals surface area contributed by atoms with Gasteiger partial charge >= 0.3 is 0 Å². The van der Waals surface area contributed by atoms with Crippen molar-refractivity contribution in [3.8, 4) is 38.6 Å². The number of hydrogen-bond donors (Lipinski definition) is 0. The highest BCUT2D eigenvalue weighted by molar-refractivity contribution is 7.17. The molecule has 0 amide bonds. The highest BCUT2D eigenvalue weighted by Gasteiger charge is 2.20. The van der Waals surface area contributed by atoms with E-state index < -0.39 is 0 Å². The normalized spacial score (nSPS) is 11.0. The number of rotatable bonds is 5.